The number of nitrogens with two attached hydrogens (primary N) is 1. The zero-order chi connectivity index (χ0) is 18.1. The van der Waals surface area contributed by atoms with Crippen LogP contribution in [0.25, 0.3) is 21.9 Å². The Morgan fingerprint density at radius 2 is 1.85 bits per heavy atom. The van der Waals surface area contributed by atoms with Crippen molar-refractivity contribution in [2.24, 2.45) is 0 Å². The number of carbonyl (C=O) groups is 1. The van der Waals surface area contributed by atoms with Crippen molar-refractivity contribution in [3.8, 4) is 11.1 Å². The molecule has 1 saturated carbocycles. The Morgan fingerprint density at radius 3 is 2.62 bits per heavy atom. The Hall–Kier alpha value is -2.95. The third kappa shape index (κ3) is 3.12. The number of fused-ring (bicyclic) bond motifs is 1. The van der Waals surface area contributed by atoms with E-state index in [1.54, 1.807) is 6.07 Å². The van der Waals surface area contributed by atoms with Gasteiger partial charge in [0.15, 0.2) is 0 Å². The maximum atomic E-state index is 13.5. The lowest BCUT2D eigenvalue weighted by atomic mass is 9.99. The minimum atomic E-state index is -0.293. The number of hydrogen-bond acceptors (Lipinski definition) is 3. The van der Waals surface area contributed by atoms with E-state index in [1.807, 2.05) is 24.3 Å². The number of nitrogens with one attached hydrogen (secondary N) is 1. The number of nitrogens with zero attached hydrogens (tertiary/aromatic N) is 1. The van der Waals surface area contributed by atoms with E-state index in [1.165, 1.54) is 18.3 Å². The third-order valence-electron chi connectivity index (χ3n) is 5.01. The molecule has 5 heteroatoms. The summed E-state index contributed by atoms with van der Waals surface area (Å²) in [6, 6.07) is 12.2. The molecule has 4 rings (SSSR count). The number of rotatable bonds is 3. The van der Waals surface area contributed by atoms with Crippen LogP contribution < -0.4 is 11.1 Å². The Balaban J connectivity index is 1.74. The van der Waals surface area contributed by atoms with Crippen LogP contribution in [0.2, 0.25) is 0 Å². The fourth-order valence-corrected chi connectivity index (χ4v) is 3.63. The average Bonchev–Trinajstić information content (AvgIpc) is 3.15. The number of nitrogen functional groups attached to an aromatic ring is 1. The van der Waals surface area contributed by atoms with Crippen LogP contribution in [0.3, 0.4) is 0 Å². The van der Waals surface area contributed by atoms with Crippen LogP contribution in [0.5, 0.6) is 0 Å². The second kappa shape index (κ2) is 6.75. The molecule has 2 aromatic carbocycles. The molecule has 0 bridgehead atoms. The summed E-state index contributed by atoms with van der Waals surface area (Å²) < 4.78 is 13.5. The topological polar surface area (TPSA) is 68.0 Å². The summed E-state index contributed by atoms with van der Waals surface area (Å²) in [4.78, 5) is 16.9. The van der Waals surface area contributed by atoms with E-state index >= 15 is 0 Å². The molecule has 3 N–H and O–H groups in total. The smallest absolute Gasteiger partial charge is 0.253 e. The molecule has 1 amide bonds. The molecule has 1 aromatic heterocycles. The first-order valence-corrected chi connectivity index (χ1v) is 8.87. The van der Waals surface area contributed by atoms with Gasteiger partial charge in [0, 0.05) is 17.6 Å². The van der Waals surface area contributed by atoms with Gasteiger partial charge in [0.05, 0.1) is 5.56 Å². The Labute approximate surface area is 151 Å². The van der Waals surface area contributed by atoms with E-state index in [4.69, 9.17) is 5.73 Å². The second-order valence-electron chi connectivity index (χ2n) is 6.78. The van der Waals surface area contributed by atoms with Gasteiger partial charge in [-0.25, -0.2) is 9.37 Å². The first kappa shape index (κ1) is 16.5. The van der Waals surface area contributed by atoms with Crippen molar-refractivity contribution >= 4 is 22.5 Å². The van der Waals surface area contributed by atoms with E-state index in [-0.39, 0.29) is 17.8 Å². The summed E-state index contributed by atoms with van der Waals surface area (Å²) in [5.74, 6) is -0.0537. The van der Waals surface area contributed by atoms with E-state index in [9.17, 15) is 9.18 Å². The van der Waals surface area contributed by atoms with Crippen LogP contribution in [0.4, 0.5) is 10.2 Å². The number of carbonyl (C=O) groups excluding carboxylic acids is 1. The number of benzene rings is 2. The van der Waals surface area contributed by atoms with Crippen LogP contribution in [0.15, 0.2) is 48.7 Å². The maximum Gasteiger partial charge on any atom is 0.253 e. The molecule has 1 aliphatic carbocycles. The van der Waals surface area contributed by atoms with Crippen molar-refractivity contribution in [1.29, 1.82) is 0 Å². The highest BCUT2D eigenvalue weighted by molar-refractivity contribution is 6.09. The molecule has 0 aliphatic heterocycles. The molecule has 1 aliphatic rings. The number of anilines is 1. The minimum absolute atomic E-state index is 0.118. The number of aromatic nitrogens is 1. The molecule has 3 aromatic rings. The zero-order valence-corrected chi connectivity index (χ0v) is 14.3. The quantitative estimate of drug-likeness (QED) is 0.741. The molecule has 0 saturated heterocycles. The Morgan fingerprint density at radius 1 is 1.08 bits per heavy atom. The molecular formula is C21H20FN3O. The number of halogens is 1. The van der Waals surface area contributed by atoms with Gasteiger partial charge in [-0.05, 0) is 47.6 Å². The fourth-order valence-electron chi connectivity index (χ4n) is 3.63. The van der Waals surface area contributed by atoms with Crippen molar-refractivity contribution < 1.29 is 9.18 Å². The molecule has 132 valence electrons. The Kier molecular flexibility index (Phi) is 4.29. The lowest BCUT2D eigenvalue weighted by Gasteiger charge is -2.14. The van der Waals surface area contributed by atoms with Crippen LogP contribution in [-0.4, -0.2) is 16.9 Å². The largest absolute Gasteiger partial charge is 0.383 e. The van der Waals surface area contributed by atoms with Crippen LogP contribution in [0, 0.1) is 5.82 Å². The molecule has 26 heavy (non-hydrogen) atoms. The summed E-state index contributed by atoms with van der Waals surface area (Å²) in [6.45, 7) is 0. The molecule has 1 heterocycles. The van der Waals surface area contributed by atoms with Crippen LogP contribution in [-0.2, 0) is 0 Å². The molecule has 1 fully saturated rings. The van der Waals surface area contributed by atoms with Crippen molar-refractivity contribution in [2.75, 3.05) is 5.73 Å². The predicted molar refractivity (Wildman–Crippen MR) is 101 cm³/mol. The SMILES string of the molecule is Nc1ncc(C(=O)NC2CCCC2)c2ccc(-c3cccc(F)c3)cc12. The first-order valence-electron chi connectivity index (χ1n) is 8.87. The molecule has 0 unspecified atom stereocenters. The zero-order valence-electron chi connectivity index (χ0n) is 14.3. The van der Waals surface area contributed by atoms with Crippen molar-refractivity contribution in [1.82, 2.24) is 10.3 Å². The molecule has 0 spiro atoms. The molecule has 0 atom stereocenters. The number of pyridine rings is 1. The molecule has 4 nitrogen and oxygen atoms in total. The average molecular weight is 349 g/mol. The number of hydrogen-bond donors (Lipinski definition) is 2. The van der Waals surface area contributed by atoms with Gasteiger partial charge in [-0.15, -0.1) is 0 Å². The number of amides is 1. The highest BCUT2D eigenvalue weighted by atomic mass is 19.1. The monoisotopic (exact) mass is 349 g/mol. The highest BCUT2D eigenvalue weighted by Crippen LogP contribution is 2.29. The van der Waals surface area contributed by atoms with Gasteiger partial charge in [-0.1, -0.05) is 37.1 Å². The van der Waals surface area contributed by atoms with Gasteiger partial charge in [-0.2, -0.15) is 0 Å². The van der Waals surface area contributed by atoms with Gasteiger partial charge < -0.3 is 11.1 Å². The van der Waals surface area contributed by atoms with Crippen LogP contribution >= 0.6 is 0 Å². The van der Waals surface area contributed by atoms with Gasteiger partial charge in [-0.3, -0.25) is 4.79 Å². The lowest BCUT2D eigenvalue weighted by molar-refractivity contribution is 0.0939. The van der Waals surface area contributed by atoms with Gasteiger partial charge in [0.25, 0.3) is 5.91 Å². The normalized spacial score (nSPS) is 14.7. The first-order chi connectivity index (χ1) is 12.6. The van der Waals surface area contributed by atoms with Crippen LogP contribution in [0.1, 0.15) is 36.0 Å². The summed E-state index contributed by atoms with van der Waals surface area (Å²) in [7, 11) is 0. The van der Waals surface area contributed by atoms with E-state index in [0.29, 0.717) is 16.8 Å². The highest BCUT2D eigenvalue weighted by Gasteiger charge is 2.20. The summed E-state index contributed by atoms with van der Waals surface area (Å²) in [5, 5.41) is 4.55. The Bertz CT molecular complexity index is 980. The fraction of sp³-hybridized carbons (Fsp3) is 0.238. The van der Waals surface area contributed by atoms with E-state index in [2.05, 4.69) is 10.3 Å². The van der Waals surface area contributed by atoms with Crippen molar-refractivity contribution in [3.05, 3.63) is 60.0 Å². The minimum Gasteiger partial charge on any atom is -0.383 e. The van der Waals surface area contributed by atoms with Gasteiger partial charge in [0.2, 0.25) is 0 Å². The van der Waals surface area contributed by atoms with Gasteiger partial charge in [0.1, 0.15) is 11.6 Å². The van der Waals surface area contributed by atoms with Crippen molar-refractivity contribution in [2.45, 2.75) is 31.7 Å². The molecule has 0 radical (unpaired) electrons. The van der Waals surface area contributed by atoms with Gasteiger partial charge >= 0.3 is 0 Å². The standard InChI is InChI=1S/C21H20FN3O/c22-15-5-3-4-13(10-15)14-8-9-17-18(11-14)20(23)24-12-19(17)21(26)25-16-6-1-2-7-16/h3-5,8-12,16H,1-2,6-7H2,(H2,23,24)(H,25,26). The maximum absolute atomic E-state index is 13.5. The lowest BCUT2D eigenvalue weighted by Crippen LogP contribution is -2.32. The summed E-state index contributed by atoms with van der Waals surface area (Å²) >= 11 is 0. The van der Waals surface area contributed by atoms with E-state index in [0.717, 1.165) is 42.2 Å². The van der Waals surface area contributed by atoms with Crippen molar-refractivity contribution in [3.63, 3.8) is 0 Å². The third-order valence-corrected chi connectivity index (χ3v) is 5.01. The second-order valence-corrected chi connectivity index (χ2v) is 6.78. The molecular weight excluding hydrogens is 329 g/mol. The predicted octanol–water partition coefficient (Wildman–Crippen LogP) is 4.30. The summed E-state index contributed by atoms with van der Waals surface area (Å²) in [6.07, 6.45) is 5.89. The summed E-state index contributed by atoms with van der Waals surface area (Å²) in [5.41, 5.74) is 8.16. The van der Waals surface area contributed by atoms with E-state index < -0.39 is 0 Å².